The van der Waals surface area contributed by atoms with Gasteiger partial charge in [0.05, 0.1) is 5.41 Å². The van der Waals surface area contributed by atoms with E-state index < -0.39 is 0 Å². The lowest BCUT2D eigenvalue weighted by molar-refractivity contribution is -0.139. The third kappa shape index (κ3) is 3.80. The molecular formula is C20H37N3O. The molecule has 0 aromatic carbocycles. The van der Waals surface area contributed by atoms with Crippen LogP contribution in [0.15, 0.2) is 0 Å². The number of hydrogen-bond donors (Lipinski definition) is 0. The summed E-state index contributed by atoms with van der Waals surface area (Å²) in [5.74, 6) is 1.37. The summed E-state index contributed by atoms with van der Waals surface area (Å²) >= 11 is 0. The monoisotopic (exact) mass is 335 g/mol. The molecule has 138 valence electrons. The fourth-order valence-corrected chi connectivity index (χ4v) is 4.97. The van der Waals surface area contributed by atoms with Crippen LogP contribution in [0.1, 0.15) is 59.3 Å². The highest BCUT2D eigenvalue weighted by Gasteiger charge is 2.48. The lowest BCUT2D eigenvalue weighted by atomic mass is 9.77. The molecule has 3 fully saturated rings. The molecule has 0 unspecified atom stereocenters. The minimum Gasteiger partial charge on any atom is -0.340 e. The van der Waals surface area contributed by atoms with E-state index >= 15 is 0 Å². The second-order valence-corrected chi connectivity index (χ2v) is 8.63. The van der Waals surface area contributed by atoms with E-state index in [1.165, 1.54) is 45.4 Å². The van der Waals surface area contributed by atoms with Crippen LogP contribution < -0.4 is 0 Å². The van der Waals surface area contributed by atoms with E-state index in [4.69, 9.17) is 0 Å². The van der Waals surface area contributed by atoms with Crippen LogP contribution in [0.25, 0.3) is 0 Å². The van der Waals surface area contributed by atoms with Gasteiger partial charge < -0.3 is 14.7 Å². The summed E-state index contributed by atoms with van der Waals surface area (Å²) in [7, 11) is 0. The van der Waals surface area contributed by atoms with E-state index in [-0.39, 0.29) is 5.41 Å². The molecular weight excluding hydrogens is 298 g/mol. The minimum absolute atomic E-state index is 0.00671. The third-order valence-electron chi connectivity index (χ3n) is 6.99. The lowest BCUT2D eigenvalue weighted by Crippen LogP contribution is -2.46. The summed E-state index contributed by atoms with van der Waals surface area (Å²) in [6.45, 7) is 14.9. The number of carbonyl (C=O) groups excluding carboxylic acids is 1. The number of hydrogen-bond acceptors (Lipinski definition) is 3. The number of amides is 1. The van der Waals surface area contributed by atoms with Crippen LogP contribution >= 0.6 is 0 Å². The van der Waals surface area contributed by atoms with Crippen LogP contribution in [0.5, 0.6) is 0 Å². The van der Waals surface area contributed by atoms with Crippen LogP contribution in [0, 0.1) is 11.3 Å². The van der Waals surface area contributed by atoms with Crippen molar-refractivity contribution in [1.82, 2.24) is 14.7 Å². The largest absolute Gasteiger partial charge is 0.340 e. The van der Waals surface area contributed by atoms with Gasteiger partial charge in [0.15, 0.2) is 0 Å². The van der Waals surface area contributed by atoms with Crippen LogP contribution in [0.2, 0.25) is 0 Å². The van der Waals surface area contributed by atoms with Crippen molar-refractivity contribution < 1.29 is 4.79 Å². The van der Waals surface area contributed by atoms with Crippen LogP contribution in [-0.2, 0) is 4.79 Å². The number of carbonyl (C=O) groups is 1. The zero-order valence-electron chi connectivity index (χ0n) is 16.1. The van der Waals surface area contributed by atoms with Crippen molar-refractivity contribution in [3.05, 3.63) is 0 Å². The first-order valence-corrected chi connectivity index (χ1v) is 10.3. The van der Waals surface area contributed by atoms with E-state index in [1.54, 1.807) is 0 Å². The molecule has 0 aromatic rings. The Bertz CT molecular complexity index is 421. The fraction of sp³-hybridized carbons (Fsp3) is 0.950. The normalized spacial score (nSPS) is 26.8. The van der Waals surface area contributed by atoms with Crippen molar-refractivity contribution in [2.24, 2.45) is 11.3 Å². The van der Waals surface area contributed by atoms with E-state index in [0.29, 0.717) is 11.9 Å². The van der Waals surface area contributed by atoms with Gasteiger partial charge in [-0.15, -0.1) is 0 Å². The van der Waals surface area contributed by atoms with Crippen LogP contribution in [0.3, 0.4) is 0 Å². The van der Waals surface area contributed by atoms with E-state index in [9.17, 15) is 4.79 Å². The zero-order chi connectivity index (χ0) is 17.2. The van der Waals surface area contributed by atoms with Gasteiger partial charge in [-0.2, -0.15) is 0 Å². The van der Waals surface area contributed by atoms with Gasteiger partial charge in [-0.05, 0) is 97.6 Å². The average molecular weight is 336 g/mol. The summed E-state index contributed by atoms with van der Waals surface area (Å²) in [5.41, 5.74) is -0.00671. The first-order valence-electron chi connectivity index (χ1n) is 10.3. The highest BCUT2D eigenvalue weighted by Crippen LogP contribution is 2.42. The molecule has 24 heavy (non-hydrogen) atoms. The first kappa shape index (κ1) is 18.2. The predicted molar refractivity (Wildman–Crippen MR) is 99.0 cm³/mol. The molecule has 4 heteroatoms. The van der Waals surface area contributed by atoms with Crippen LogP contribution in [-0.4, -0.2) is 72.5 Å². The van der Waals surface area contributed by atoms with E-state index in [1.807, 2.05) is 0 Å². The van der Waals surface area contributed by atoms with Crippen molar-refractivity contribution >= 4 is 5.91 Å². The van der Waals surface area contributed by atoms with Gasteiger partial charge >= 0.3 is 0 Å². The van der Waals surface area contributed by atoms with E-state index in [0.717, 1.165) is 44.8 Å². The Labute approximate surface area is 148 Å². The second kappa shape index (κ2) is 7.74. The summed E-state index contributed by atoms with van der Waals surface area (Å²) in [6, 6.07) is 0.365. The minimum atomic E-state index is -0.00671. The average Bonchev–Trinajstić information content (AvgIpc) is 2.92. The maximum Gasteiger partial charge on any atom is 0.229 e. The Morgan fingerprint density at radius 2 is 1.62 bits per heavy atom. The first-order chi connectivity index (χ1) is 11.5. The van der Waals surface area contributed by atoms with Gasteiger partial charge in [0.25, 0.3) is 0 Å². The number of likely N-dealkylation sites (tertiary alicyclic amines) is 3. The summed E-state index contributed by atoms with van der Waals surface area (Å²) in [4.78, 5) is 20.1. The van der Waals surface area contributed by atoms with Crippen LogP contribution in [0.4, 0.5) is 0 Å². The molecule has 4 nitrogen and oxygen atoms in total. The molecule has 1 spiro atoms. The third-order valence-corrected chi connectivity index (χ3v) is 6.99. The van der Waals surface area contributed by atoms with Gasteiger partial charge in [-0.3, -0.25) is 4.79 Å². The molecule has 0 radical (unpaired) electrons. The number of nitrogens with zero attached hydrogens (tertiary/aromatic N) is 3. The molecule has 0 atom stereocenters. The maximum atomic E-state index is 12.8. The molecule has 3 saturated heterocycles. The highest BCUT2D eigenvalue weighted by molar-refractivity contribution is 5.85. The maximum absolute atomic E-state index is 12.8. The van der Waals surface area contributed by atoms with Crippen molar-refractivity contribution in [3.63, 3.8) is 0 Å². The molecule has 3 aliphatic heterocycles. The molecule has 3 rings (SSSR count). The van der Waals surface area contributed by atoms with Crippen molar-refractivity contribution in [1.29, 1.82) is 0 Å². The molecule has 1 amide bonds. The smallest absolute Gasteiger partial charge is 0.229 e. The Morgan fingerprint density at radius 3 is 2.17 bits per heavy atom. The van der Waals surface area contributed by atoms with Gasteiger partial charge in [0, 0.05) is 12.6 Å². The Morgan fingerprint density at radius 1 is 1.00 bits per heavy atom. The molecule has 0 N–H and O–H groups in total. The zero-order valence-corrected chi connectivity index (χ0v) is 16.1. The van der Waals surface area contributed by atoms with Crippen molar-refractivity contribution in [3.8, 4) is 0 Å². The highest BCUT2D eigenvalue weighted by atomic mass is 16.2. The quantitative estimate of drug-likeness (QED) is 0.773. The van der Waals surface area contributed by atoms with Gasteiger partial charge in [0.1, 0.15) is 0 Å². The topological polar surface area (TPSA) is 26.8 Å². The Balaban J connectivity index is 1.41. The Hall–Kier alpha value is -0.610. The Kier molecular flexibility index (Phi) is 5.86. The van der Waals surface area contributed by atoms with Gasteiger partial charge in [0.2, 0.25) is 5.91 Å². The number of rotatable bonds is 5. The molecule has 3 heterocycles. The molecule has 0 aliphatic carbocycles. The second-order valence-electron chi connectivity index (χ2n) is 8.63. The molecule has 3 aliphatic rings. The molecule has 0 aromatic heterocycles. The summed E-state index contributed by atoms with van der Waals surface area (Å²) in [6.07, 6.45) is 7.39. The predicted octanol–water partition coefficient (Wildman–Crippen LogP) is 2.83. The molecule has 0 saturated carbocycles. The van der Waals surface area contributed by atoms with Crippen molar-refractivity contribution in [2.45, 2.75) is 65.3 Å². The standard InChI is InChI=1S/C20H37N3O/c1-4-21-11-5-18(6-12-21)7-13-22-14-8-20(9-15-22)10-16-23(17(2)3)19(20)24/h17-18H,4-16H2,1-3H3. The van der Waals surface area contributed by atoms with Gasteiger partial charge in [-0.25, -0.2) is 0 Å². The lowest BCUT2D eigenvalue weighted by Gasteiger charge is -2.39. The van der Waals surface area contributed by atoms with E-state index in [2.05, 4.69) is 35.5 Å². The summed E-state index contributed by atoms with van der Waals surface area (Å²) in [5, 5.41) is 0. The SMILES string of the molecule is CCN1CCC(CCN2CCC3(CC2)CCN(C(C)C)C3=O)CC1. The number of piperidine rings is 2. The van der Waals surface area contributed by atoms with Crippen molar-refractivity contribution in [2.75, 3.05) is 45.8 Å². The molecule has 0 bridgehead atoms. The van der Waals surface area contributed by atoms with Gasteiger partial charge in [-0.1, -0.05) is 6.92 Å². The summed E-state index contributed by atoms with van der Waals surface area (Å²) < 4.78 is 0. The fourth-order valence-electron chi connectivity index (χ4n) is 4.97.